The number of hydrogen-bond donors (Lipinski definition) is 1. The summed E-state index contributed by atoms with van der Waals surface area (Å²) < 4.78 is 19.1. The monoisotopic (exact) mass is 334 g/mol. The minimum atomic E-state index is -0.223. The molecule has 1 saturated heterocycles. The third-order valence-corrected chi connectivity index (χ3v) is 4.43. The Kier molecular flexibility index (Phi) is 5.03. The molecule has 0 amide bonds. The SMILES string of the molecule is Nc1ccc(N2CCC(OCc3cccc(F)c3)CC2)c(Cl)c1. The molecule has 23 heavy (non-hydrogen) atoms. The lowest BCUT2D eigenvalue weighted by Gasteiger charge is -2.34. The molecule has 1 fully saturated rings. The van der Waals surface area contributed by atoms with E-state index in [1.165, 1.54) is 12.1 Å². The van der Waals surface area contributed by atoms with Crippen LogP contribution in [0.1, 0.15) is 18.4 Å². The molecule has 0 spiro atoms. The highest BCUT2D eigenvalue weighted by Crippen LogP contribution is 2.30. The van der Waals surface area contributed by atoms with Crippen LogP contribution in [0.5, 0.6) is 0 Å². The first-order valence-electron chi connectivity index (χ1n) is 7.78. The minimum absolute atomic E-state index is 0.196. The Labute approximate surface area is 140 Å². The number of halogens is 2. The van der Waals surface area contributed by atoms with Crippen molar-refractivity contribution >= 4 is 23.0 Å². The molecule has 2 N–H and O–H groups in total. The molecule has 0 unspecified atom stereocenters. The number of nitrogens with zero attached hydrogens (tertiary/aromatic N) is 1. The Morgan fingerprint density at radius 2 is 1.96 bits per heavy atom. The summed E-state index contributed by atoms with van der Waals surface area (Å²) in [5.74, 6) is -0.223. The van der Waals surface area contributed by atoms with Gasteiger partial charge in [-0.25, -0.2) is 4.39 Å². The van der Waals surface area contributed by atoms with Crippen LogP contribution in [0.3, 0.4) is 0 Å². The van der Waals surface area contributed by atoms with Crippen molar-refractivity contribution in [3.63, 3.8) is 0 Å². The summed E-state index contributed by atoms with van der Waals surface area (Å²) in [7, 11) is 0. The first kappa shape index (κ1) is 16.1. The molecule has 3 nitrogen and oxygen atoms in total. The summed E-state index contributed by atoms with van der Waals surface area (Å²) in [6.45, 7) is 2.22. The Bertz CT molecular complexity index is 672. The van der Waals surface area contributed by atoms with Crippen molar-refractivity contribution in [2.24, 2.45) is 0 Å². The van der Waals surface area contributed by atoms with Crippen LogP contribution in [0, 0.1) is 5.82 Å². The number of ether oxygens (including phenoxy) is 1. The summed E-state index contributed by atoms with van der Waals surface area (Å²) in [6.07, 6.45) is 2.05. The molecule has 2 aromatic rings. The molecule has 1 aliphatic heterocycles. The number of rotatable bonds is 4. The van der Waals surface area contributed by atoms with Crippen molar-refractivity contribution < 1.29 is 9.13 Å². The molecular weight excluding hydrogens is 315 g/mol. The van der Waals surface area contributed by atoms with E-state index in [1.807, 2.05) is 18.2 Å². The van der Waals surface area contributed by atoms with E-state index in [1.54, 1.807) is 12.1 Å². The third kappa shape index (κ3) is 4.15. The molecule has 0 aromatic heterocycles. The van der Waals surface area contributed by atoms with Crippen LogP contribution in [0.25, 0.3) is 0 Å². The van der Waals surface area contributed by atoms with Gasteiger partial charge >= 0.3 is 0 Å². The number of piperidine rings is 1. The molecular formula is C18H20ClFN2O. The average molecular weight is 335 g/mol. The van der Waals surface area contributed by atoms with Gasteiger partial charge in [0.15, 0.2) is 0 Å². The summed E-state index contributed by atoms with van der Waals surface area (Å²) >= 11 is 6.27. The maximum absolute atomic E-state index is 13.2. The maximum atomic E-state index is 13.2. The van der Waals surface area contributed by atoms with Crippen molar-refractivity contribution in [2.45, 2.75) is 25.6 Å². The number of nitrogens with two attached hydrogens (primary N) is 1. The van der Waals surface area contributed by atoms with Crippen LogP contribution < -0.4 is 10.6 Å². The minimum Gasteiger partial charge on any atom is -0.399 e. The zero-order valence-corrected chi connectivity index (χ0v) is 13.6. The smallest absolute Gasteiger partial charge is 0.123 e. The highest BCUT2D eigenvalue weighted by atomic mass is 35.5. The predicted octanol–water partition coefficient (Wildman–Crippen LogP) is 4.25. The summed E-state index contributed by atoms with van der Waals surface area (Å²) in [5.41, 5.74) is 8.30. The molecule has 122 valence electrons. The van der Waals surface area contributed by atoms with Gasteiger partial charge in [-0.2, -0.15) is 0 Å². The molecule has 2 aromatic carbocycles. The molecule has 0 bridgehead atoms. The van der Waals surface area contributed by atoms with E-state index in [0.717, 1.165) is 37.2 Å². The van der Waals surface area contributed by atoms with Gasteiger partial charge in [0.05, 0.1) is 23.4 Å². The molecule has 0 aliphatic carbocycles. The molecule has 0 radical (unpaired) electrons. The fraction of sp³-hybridized carbons (Fsp3) is 0.333. The van der Waals surface area contributed by atoms with E-state index in [9.17, 15) is 4.39 Å². The normalized spacial score (nSPS) is 15.8. The van der Waals surface area contributed by atoms with Crippen LogP contribution in [0.4, 0.5) is 15.8 Å². The largest absolute Gasteiger partial charge is 0.399 e. The number of hydrogen-bond acceptors (Lipinski definition) is 3. The first-order chi connectivity index (χ1) is 11.1. The van der Waals surface area contributed by atoms with E-state index in [2.05, 4.69) is 4.90 Å². The Morgan fingerprint density at radius 1 is 1.17 bits per heavy atom. The summed E-state index contributed by atoms with van der Waals surface area (Å²) in [4.78, 5) is 2.25. The maximum Gasteiger partial charge on any atom is 0.123 e. The van der Waals surface area contributed by atoms with Gasteiger partial charge in [-0.3, -0.25) is 0 Å². The van der Waals surface area contributed by atoms with Gasteiger partial charge < -0.3 is 15.4 Å². The van der Waals surface area contributed by atoms with E-state index in [0.29, 0.717) is 17.3 Å². The number of anilines is 2. The second-order valence-electron chi connectivity index (χ2n) is 5.84. The first-order valence-corrected chi connectivity index (χ1v) is 8.15. The van der Waals surface area contributed by atoms with Gasteiger partial charge in [-0.05, 0) is 48.7 Å². The fourth-order valence-corrected chi connectivity index (χ4v) is 3.19. The van der Waals surface area contributed by atoms with Gasteiger partial charge in [-0.15, -0.1) is 0 Å². The Balaban J connectivity index is 1.52. The molecule has 3 rings (SSSR count). The molecule has 5 heteroatoms. The van der Waals surface area contributed by atoms with E-state index >= 15 is 0 Å². The second-order valence-corrected chi connectivity index (χ2v) is 6.25. The number of nitrogen functional groups attached to an aromatic ring is 1. The average Bonchev–Trinajstić information content (AvgIpc) is 2.54. The van der Waals surface area contributed by atoms with Crippen molar-refractivity contribution in [3.05, 3.63) is 58.9 Å². The van der Waals surface area contributed by atoms with Crippen molar-refractivity contribution in [2.75, 3.05) is 23.7 Å². The molecule has 0 atom stereocenters. The van der Waals surface area contributed by atoms with Gasteiger partial charge in [0.25, 0.3) is 0 Å². The lowest BCUT2D eigenvalue weighted by atomic mass is 10.1. The summed E-state index contributed by atoms with van der Waals surface area (Å²) in [5, 5.41) is 0.684. The zero-order chi connectivity index (χ0) is 16.2. The van der Waals surface area contributed by atoms with Gasteiger partial charge in [-0.1, -0.05) is 23.7 Å². The van der Waals surface area contributed by atoms with E-state index < -0.39 is 0 Å². The van der Waals surface area contributed by atoms with Crippen LogP contribution in [0.15, 0.2) is 42.5 Å². The molecule has 1 heterocycles. The van der Waals surface area contributed by atoms with Crippen LogP contribution in [0.2, 0.25) is 5.02 Å². The zero-order valence-electron chi connectivity index (χ0n) is 12.8. The van der Waals surface area contributed by atoms with Gasteiger partial charge in [0.1, 0.15) is 5.82 Å². The standard InChI is InChI=1S/C18H20ClFN2O/c19-17-11-15(21)4-5-18(17)22-8-6-16(7-9-22)23-12-13-2-1-3-14(20)10-13/h1-5,10-11,16H,6-9,12,21H2. The molecule has 1 aliphatic rings. The second kappa shape index (κ2) is 7.20. The topological polar surface area (TPSA) is 38.5 Å². The Morgan fingerprint density at radius 3 is 2.65 bits per heavy atom. The lowest BCUT2D eigenvalue weighted by Crippen LogP contribution is -2.37. The van der Waals surface area contributed by atoms with E-state index in [4.69, 9.17) is 22.1 Å². The quantitative estimate of drug-likeness (QED) is 0.850. The fourth-order valence-electron chi connectivity index (χ4n) is 2.88. The predicted molar refractivity (Wildman–Crippen MR) is 92.3 cm³/mol. The van der Waals surface area contributed by atoms with Gasteiger partial charge in [0.2, 0.25) is 0 Å². The van der Waals surface area contributed by atoms with Crippen LogP contribution in [-0.2, 0) is 11.3 Å². The van der Waals surface area contributed by atoms with Crippen LogP contribution >= 0.6 is 11.6 Å². The highest BCUT2D eigenvalue weighted by Gasteiger charge is 2.21. The van der Waals surface area contributed by atoms with Crippen LogP contribution in [-0.4, -0.2) is 19.2 Å². The lowest BCUT2D eigenvalue weighted by molar-refractivity contribution is 0.0250. The molecule has 0 saturated carbocycles. The highest BCUT2D eigenvalue weighted by molar-refractivity contribution is 6.33. The van der Waals surface area contributed by atoms with Crippen molar-refractivity contribution in [3.8, 4) is 0 Å². The van der Waals surface area contributed by atoms with Gasteiger partial charge in [0, 0.05) is 18.8 Å². The Hall–Kier alpha value is -1.78. The summed E-state index contributed by atoms with van der Waals surface area (Å²) in [6, 6.07) is 12.2. The third-order valence-electron chi connectivity index (χ3n) is 4.13. The number of benzene rings is 2. The van der Waals surface area contributed by atoms with Crippen molar-refractivity contribution in [1.29, 1.82) is 0 Å². The van der Waals surface area contributed by atoms with E-state index in [-0.39, 0.29) is 11.9 Å². The van der Waals surface area contributed by atoms with Crippen molar-refractivity contribution in [1.82, 2.24) is 0 Å².